The average Bonchev–Trinajstić information content (AvgIpc) is 2.78. The van der Waals surface area contributed by atoms with E-state index >= 15 is 0 Å². The standard InChI is InChI=1S/C25H26N2O2/c28-24(26-23-12-6-10-19-7-4-5-11-22(19)23)15-18-27-16-13-21(14-17-27)25(29)20-8-2-1-3-9-20/h1-12,21H,13-18H2,(H,26,28). The van der Waals surface area contributed by atoms with Gasteiger partial charge in [0.05, 0.1) is 0 Å². The van der Waals surface area contributed by atoms with Gasteiger partial charge in [-0.3, -0.25) is 9.59 Å². The molecule has 0 saturated carbocycles. The molecule has 1 saturated heterocycles. The number of ketones is 1. The number of likely N-dealkylation sites (tertiary alicyclic amines) is 1. The molecule has 1 aliphatic heterocycles. The van der Waals surface area contributed by atoms with E-state index in [9.17, 15) is 9.59 Å². The zero-order valence-corrected chi connectivity index (χ0v) is 16.5. The van der Waals surface area contributed by atoms with Gasteiger partial charge in [0.25, 0.3) is 0 Å². The maximum Gasteiger partial charge on any atom is 0.225 e. The molecule has 1 N–H and O–H groups in total. The van der Waals surface area contributed by atoms with Crippen molar-refractivity contribution in [2.45, 2.75) is 19.3 Å². The van der Waals surface area contributed by atoms with Crippen molar-refractivity contribution in [3.63, 3.8) is 0 Å². The van der Waals surface area contributed by atoms with Crippen LogP contribution < -0.4 is 5.32 Å². The molecule has 29 heavy (non-hydrogen) atoms. The molecule has 1 aliphatic rings. The summed E-state index contributed by atoms with van der Waals surface area (Å²) in [6.45, 7) is 2.46. The number of benzene rings is 3. The second kappa shape index (κ2) is 9.01. The third-order valence-electron chi connectivity index (χ3n) is 5.74. The minimum Gasteiger partial charge on any atom is -0.325 e. The first kappa shape index (κ1) is 19.3. The third-order valence-corrected chi connectivity index (χ3v) is 5.74. The van der Waals surface area contributed by atoms with Crippen molar-refractivity contribution in [1.29, 1.82) is 0 Å². The molecule has 0 aromatic heterocycles. The van der Waals surface area contributed by atoms with Crippen LogP contribution in [0.2, 0.25) is 0 Å². The van der Waals surface area contributed by atoms with E-state index in [-0.39, 0.29) is 17.6 Å². The number of amides is 1. The molecule has 0 atom stereocenters. The van der Waals surface area contributed by atoms with Crippen LogP contribution in [0.5, 0.6) is 0 Å². The van der Waals surface area contributed by atoms with Gasteiger partial charge in [-0.1, -0.05) is 66.7 Å². The van der Waals surface area contributed by atoms with Gasteiger partial charge in [0.2, 0.25) is 5.91 Å². The van der Waals surface area contributed by atoms with Crippen LogP contribution in [0, 0.1) is 5.92 Å². The predicted octanol–water partition coefficient (Wildman–Crippen LogP) is 4.76. The van der Waals surface area contributed by atoms with Gasteiger partial charge in [0.1, 0.15) is 0 Å². The van der Waals surface area contributed by atoms with Crippen LogP contribution in [0.15, 0.2) is 72.8 Å². The number of carbonyl (C=O) groups excluding carboxylic acids is 2. The van der Waals surface area contributed by atoms with Crippen molar-refractivity contribution in [2.24, 2.45) is 5.92 Å². The topological polar surface area (TPSA) is 49.4 Å². The van der Waals surface area contributed by atoms with E-state index in [1.54, 1.807) is 0 Å². The lowest BCUT2D eigenvalue weighted by Gasteiger charge is -2.31. The zero-order chi connectivity index (χ0) is 20.1. The Morgan fingerprint density at radius 2 is 1.55 bits per heavy atom. The molecule has 148 valence electrons. The maximum absolute atomic E-state index is 12.6. The van der Waals surface area contributed by atoms with Crippen molar-refractivity contribution in [3.8, 4) is 0 Å². The zero-order valence-electron chi connectivity index (χ0n) is 16.5. The van der Waals surface area contributed by atoms with Gasteiger partial charge in [0, 0.05) is 35.5 Å². The van der Waals surface area contributed by atoms with E-state index in [2.05, 4.69) is 10.2 Å². The van der Waals surface area contributed by atoms with Crippen molar-refractivity contribution in [1.82, 2.24) is 4.90 Å². The molecule has 0 spiro atoms. The van der Waals surface area contributed by atoms with Gasteiger partial charge in [-0.15, -0.1) is 0 Å². The highest BCUT2D eigenvalue weighted by Crippen LogP contribution is 2.24. The van der Waals surface area contributed by atoms with Gasteiger partial charge < -0.3 is 10.2 Å². The third kappa shape index (κ3) is 4.72. The lowest BCUT2D eigenvalue weighted by Crippen LogP contribution is -2.38. The van der Waals surface area contributed by atoms with Crippen molar-refractivity contribution in [2.75, 3.05) is 25.0 Å². The minimum absolute atomic E-state index is 0.0313. The highest BCUT2D eigenvalue weighted by molar-refractivity contribution is 6.02. The van der Waals surface area contributed by atoms with E-state index in [4.69, 9.17) is 0 Å². The molecule has 4 heteroatoms. The van der Waals surface area contributed by atoms with Crippen molar-refractivity contribution < 1.29 is 9.59 Å². The Hall–Kier alpha value is -2.98. The number of rotatable bonds is 6. The Balaban J connectivity index is 1.26. The molecule has 3 aromatic carbocycles. The van der Waals surface area contributed by atoms with Gasteiger partial charge in [-0.05, 0) is 37.4 Å². The van der Waals surface area contributed by atoms with Gasteiger partial charge in [-0.25, -0.2) is 0 Å². The van der Waals surface area contributed by atoms with Crippen LogP contribution in [0.25, 0.3) is 10.8 Å². The maximum atomic E-state index is 12.6. The lowest BCUT2D eigenvalue weighted by atomic mass is 9.89. The lowest BCUT2D eigenvalue weighted by molar-refractivity contribution is -0.116. The van der Waals surface area contributed by atoms with E-state index in [0.29, 0.717) is 6.42 Å². The minimum atomic E-state index is 0.0313. The number of fused-ring (bicyclic) bond motifs is 1. The summed E-state index contributed by atoms with van der Waals surface area (Å²) in [6.07, 6.45) is 2.18. The van der Waals surface area contributed by atoms with E-state index in [0.717, 1.165) is 54.5 Å². The Morgan fingerprint density at radius 1 is 0.862 bits per heavy atom. The van der Waals surface area contributed by atoms with Crippen molar-refractivity contribution >= 4 is 28.2 Å². The number of Topliss-reactive ketones (excluding diaryl/α,β-unsaturated/α-hetero) is 1. The fourth-order valence-corrected chi connectivity index (χ4v) is 4.06. The highest BCUT2D eigenvalue weighted by Gasteiger charge is 2.25. The number of carbonyl (C=O) groups is 2. The summed E-state index contributed by atoms with van der Waals surface area (Å²) < 4.78 is 0. The fraction of sp³-hybridized carbons (Fsp3) is 0.280. The second-order valence-electron chi connectivity index (χ2n) is 7.67. The number of piperidine rings is 1. The van der Waals surface area contributed by atoms with Crippen LogP contribution in [-0.2, 0) is 4.79 Å². The normalized spacial score (nSPS) is 15.3. The first-order valence-electron chi connectivity index (χ1n) is 10.3. The van der Waals surface area contributed by atoms with Crippen LogP contribution in [0.1, 0.15) is 29.6 Å². The molecule has 1 amide bonds. The molecule has 1 fully saturated rings. The Bertz CT molecular complexity index is 987. The molecule has 0 aliphatic carbocycles. The summed E-state index contributed by atoms with van der Waals surface area (Å²) in [5.41, 5.74) is 1.67. The molecule has 4 rings (SSSR count). The molecule has 1 heterocycles. The molecule has 0 radical (unpaired) electrons. The van der Waals surface area contributed by atoms with Crippen molar-refractivity contribution in [3.05, 3.63) is 78.4 Å². The van der Waals surface area contributed by atoms with E-state index in [1.807, 2.05) is 72.8 Å². The second-order valence-corrected chi connectivity index (χ2v) is 7.67. The van der Waals surface area contributed by atoms with Crippen LogP contribution in [0.3, 0.4) is 0 Å². The molecule has 0 unspecified atom stereocenters. The number of hydrogen-bond donors (Lipinski definition) is 1. The van der Waals surface area contributed by atoms with Crippen LogP contribution in [-0.4, -0.2) is 36.2 Å². The van der Waals surface area contributed by atoms with E-state index in [1.165, 1.54) is 0 Å². The number of hydrogen-bond acceptors (Lipinski definition) is 3. The molecule has 3 aromatic rings. The Labute approximate surface area is 171 Å². The highest BCUT2D eigenvalue weighted by atomic mass is 16.1. The molecular weight excluding hydrogens is 360 g/mol. The van der Waals surface area contributed by atoms with E-state index < -0.39 is 0 Å². The summed E-state index contributed by atoms with van der Waals surface area (Å²) in [4.78, 5) is 27.4. The first-order valence-corrected chi connectivity index (χ1v) is 10.3. The quantitative estimate of drug-likeness (QED) is 0.621. The smallest absolute Gasteiger partial charge is 0.225 e. The molecule has 4 nitrogen and oxygen atoms in total. The SMILES string of the molecule is O=C(CCN1CCC(C(=O)c2ccccc2)CC1)Nc1cccc2ccccc12. The summed E-state index contributed by atoms with van der Waals surface area (Å²) in [5.74, 6) is 0.376. The summed E-state index contributed by atoms with van der Waals surface area (Å²) in [5, 5.41) is 5.23. The van der Waals surface area contributed by atoms with Crippen LogP contribution in [0.4, 0.5) is 5.69 Å². The fourth-order valence-electron chi connectivity index (χ4n) is 4.06. The Morgan fingerprint density at radius 3 is 2.34 bits per heavy atom. The van der Waals surface area contributed by atoms with Gasteiger partial charge in [0.15, 0.2) is 5.78 Å². The first-order chi connectivity index (χ1) is 14.2. The number of anilines is 1. The number of nitrogens with zero attached hydrogens (tertiary/aromatic N) is 1. The van der Waals surface area contributed by atoms with Gasteiger partial charge in [-0.2, -0.15) is 0 Å². The Kier molecular flexibility index (Phi) is 6.01. The summed E-state index contributed by atoms with van der Waals surface area (Å²) in [6, 6.07) is 23.6. The molecular formula is C25H26N2O2. The largest absolute Gasteiger partial charge is 0.325 e. The number of nitrogens with one attached hydrogen (secondary N) is 1. The summed E-state index contributed by atoms with van der Waals surface area (Å²) >= 11 is 0. The van der Waals surface area contributed by atoms with Crippen LogP contribution >= 0.6 is 0 Å². The average molecular weight is 386 g/mol. The monoisotopic (exact) mass is 386 g/mol. The predicted molar refractivity (Wildman–Crippen MR) is 117 cm³/mol. The van der Waals surface area contributed by atoms with Gasteiger partial charge >= 0.3 is 0 Å². The summed E-state index contributed by atoms with van der Waals surface area (Å²) in [7, 11) is 0. The molecule has 0 bridgehead atoms.